The number of hydrogen-bond acceptors (Lipinski definition) is 2. The van der Waals surface area contributed by atoms with Gasteiger partial charge in [-0.05, 0) is 85.0 Å². The van der Waals surface area contributed by atoms with Crippen molar-refractivity contribution in [2.24, 2.45) is 17.3 Å². The van der Waals surface area contributed by atoms with E-state index in [1.807, 2.05) is 39.8 Å². The lowest BCUT2D eigenvalue weighted by atomic mass is 9.55. The summed E-state index contributed by atoms with van der Waals surface area (Å²) in [5, 5.41) is 20.0. The fraction of sp³-hybridized carbons (Fsp3) is 0.727. The number of aliphatic hydroxyl groups is 1. The quantitative estimate of drug-likeness (QED) is 0.643. The summed E-state index contributed by atoms with van der Waals surface area (Å²) in [5.41, 5.74) is 2.99. The normalized spacial score (nSPS) is 36.1. The Hall–Kier alpha value is -1.02. The predicted molar refractivity (Wildman–Crippen MR) is 101 cm³/mol. The molecule has 136 valence electrons. The summed E-state index contributed by atoms with van der Waals surface area (Å²) >= 11 is 0. The van der Waals surface area contributed by atoms with Crippen LogP contribution in [0.4, 0.5) is 0 Å². The van der Waals surface area contributed by atoms with Crippen molar-refractivity contribution in [3.05, 3.63) is 29.3 Å². The van der Waals surface area contributed by atoms with Crippen molar-refractivity contribution in [3.8, 4) is 5.75 Å². The van der Waals surface area contributed by atoms with Crippen molar-refractivity contribution >= 4 is 0 Å². The Kier molecular flexibility index (Phi) is 6.36. The lowest BCUT2D eigenvalue weighted by Gasteiger charge is -2.50. The molecule has 0 radical (unpaired) electrons. The summed E-state index contributed by atoms with van der Waals surface area (Å²) in [6.07, 6.45) is 6.78. The number of benzene rings is 1. The Morgan fingerprint density at radius 3 is 2.42 bits per heavy atom. The van der Waals surface area contributed by atoms with Crippen LogP contribution in [0.1, 0.15) is 83.8 Å². The number of aliphatic hydroxyl groups excluding tert-OH is 1. The molecule has 0 bridgehead atoms. The molecule has 0 saturated heterocycles. The van der Waals surface area contributed by atoms with Gasteiger partial charge in [-0.3, -0.25) is 0 Å². The molecular formula is C22H36O2. The van der Waals surface area contributed by atoms with Gasteiger partial charge in [0.05, 0.1) is 6.10 Å². The van der Waals surface area contributed by atoms with E-state index in [-0.39, 0.29) is 11.5 Å². The van der Waals surface area contributed by atoms with E-state index >= 15 is 0 Å². The van der Waals surface area contributed by atoms with Crippen LogP contribution in [-0.2, 0) is 6.42 Å². The van der Waals surface area contributed by atoms with Crippen molar-refractivity contribution in [1.29, 1.82) is 0 Å². The van der Waals surface area contributed by atoms with E-state index in [2.05, 4.69) is 13.0 Å². The fourth-order valence-corrected chi connectivity index (χ4v) is 5.54. The van der Waals surface area contributed by atoms with E-state index < -0.39 is 0 Å². The second-order valence-electron chi connectivity index (χ2n) is 7.44. The van der Waals surface area contributed by atoms with Crippen molar-refractivity contribution in [1.82, 2.24) is 0 Å². The van der Waals surface area contributed by atoms with Gasteiger partial charge in [-0.2, -0.15) is 0 Å². The van der Waals surface area contributed by atoms with Crippen LogP contribution in [0.15, 0.2) is 18.2 Å². The van der Waals surface area contributed by atoms with Gasteiger partial charge in [0.25, 0.3) is 0 Å². The van der Waals surface area contributed by atoms with Crippen molar-refractivity contribution < 1.29 is 10.2 Å². The summed E-state index contributed by atoms with van der Waals surface area (Å²) in [7, 11) is 0. The van der Waals surface area contributed by atoms with Gasteiger partial charge < -0.3 is 10.2 Å². The average molecular weight is 333 g/mol. The van der Waals surface area contributed by atoms with Crippen LogP contribution in [0, 0.1) is 17.3 Å². The Morgan fingerprint density at radius 2 is 1.71 bits per heavy atom. The van der Waals surface area contributed by atoms with Crippen LogP contribution >= 0.6 is 0 Å². The Bertz CT molecular complexity index is 539. The third-order valence-corrected chi connectivity index (χ3v) is 6.66. The summed E-state index contributed by atoms with van der Waals surface area (Å²) in [6, 6.07) is 5.96. The second kappa shape index (κ2) is 7.91. The van der Waals surface area contributed by atoms with Gasteiger partial charge in [0.15, 0.2) is 0 Å². The van der Waals surface area contributed by atoms with E-state index in [1.54, 1.807) is 0 Å². The lowest BCUT2D eigenvalue weighted by molar-refractivity contribution is -0.0226. The summed E-state index contributed by atoms with van der Waals surface area (Å²) < 4.78 is 0. The topological polar surface area (TPSA) is 40.5 Å². The minimum atomic E-state index is -0.0883. The molecule has 0 amide bonds. The number of rotatable bonds is 0. The van der Waals surface area contributed by atoms with E-state index in [9.17, 15) is 10.2 Å². The molecule has 4 rings (SSSR count). The molecule has 3 aliphatic carbocycles. The SMILES string of the molecule is CC.CC.CC12CCC3c4ccc(O)cc4CCC3C1CCC2O. The Morgan fingerprint density at radius 1 is 1.00 bits per heavy atom. The molecule has 2 fully saturated rings. The minimum Gasteiger partial charge on any atom is -0.508 e. The largest absolute Gasteiger partial charge is 0.508 e. The van der Waals surface area contributed by atoms with Gasteiger partial charge in [-0.15, -0.1) is 0 Å². The molecule has 5 atom stereocenters. The Labute approximate surface area is 148 Å². The molecule has 2 N–H and O–H groups in total. The molecule has 2 nitrogen and oxygen atoms in total. The average Bonchev–Trinajstić information content (AvgIpc) is 2.93. The zero-order valence-corrected chi connectivity index (χ0v) is 16.2. The molecule has 0 aromatic heterocycles. The monoisotopic (exact) mass is 332 g/mol. The van der Waals surface area contributed by atoms with Crippen LogP contribution in [0.5, 0.6) is 5.75 Å². The van der Waals surface area contributed by atoms with Gasteiger partial charge in [-0.1, -0.05) is 40.7 Å². The number of hydrogen-bond donors (Lipinski definition) is 2. The van der Waals surface area contributed by atoms with Crippen molar-refractivity contribution in [2.75, 3.05) is 0 Å². The smallest absolute Gasteiger partial charge is 0.115 e. The predicted octanol–water partition coefficient (Wildman–Crippen LogP) is 5.66. The van der Waals surface area contributed by atoms with Crippen LogP contribution in [0.3, 0.4) is 0 Å². The maximum Gasteiger partial charge on any atom is 0.115 e. The highest BCUT2D eigenvalue weighted by atomic mass is 16.3. The van der Waals surface area contributed by atoms with E-state index in [0.29, 0.717) is 17.6 Å². The van der Waals surface area contributed by atoms with Crippen molar-refractivity contribution in [3.63, 3.8) is 0 Å². The van der Waals surface area contributed by atoms with Crippen LogP contribution in [0.25, 0.3) is 0 Å². The van der Waals surface area contributed by atoms with Gasteiger partial charge >= 0.3 is 0 Å². The molecule has 24 heavy (non-hydrogen) atoms. The first kappa shape index (κ1) is 19.3. The number of phenols is 1. The van der Waals surface area contributed by atoms with Crippen molar-refractivity contribution in [2.45, 2.75) is 85.2 Å². The van der Waals surface area contributed by atoms with Crippen LogP contribution in [0.2, 0.25) is 0 Å². The number of phenolic OH excluding ortho intramolecular Hbond substituents is 1. The number of aromatic hydroxyl groups is 1. The van der Waals surface area contributed by atoms with Crippen LogP contribution in [-0.4, -0.2) is 16.3 Å². The maximum absolute atomic E-state index is 10.4. The van der Waals surface area contributed by atoms with E-state index in [1.165, 1.54) is 30.4 Å². The Balaban J connectivity index is 0.000000487. The molecular weight excluding hydrogens is 296 g/mol. The van der Waals surface area contributed by atoms with Crippen LogP contribution < -0.4 is 0 Å². The maximum atomic E-state index is 10.4. The summed E-state index contributed by atoms with van der Waals surface area (Å²) in [6.45, 7) is 10.3. The second-order valence-corrected chi connectivity index (χ2v) is 7.44. The van der Waals surface area contributed by atoms with Gasteiger partial charge in [0, 0.05) is 0 Å². The lowest BCUT2D eigenvalue weighted by Crippen LogP contribution is -2.43. The molecule has 3 aliphatic rings. The molecule has 2 heteroatoms. The molecule has 1 aromatic carbocycles. The first-order chi connectivity index (χ1) is 11.6. The number of aryl methyl sites for hydroxylation is 1. The molecule has 0 aliphatic heterocycles. The fourth-order valence-electron chi connectivity index (χ4n) is 5.54. The summed E-state index contributed by atoms with van der Waals surface area (Å²) in [5.74, 6) is 2.49. The highest BCUT2D eigenvalue weighted by Crippen LogP contribution is 2.60. The third kappa shape index (κ3) is 3.10. The van der Waals surface area contributed by atoms with Gasteiger partial charge in [0.2, 0.25) is 0 Å². The zero-order valence-electron chi connectivity index (χ0n) is 16.2. The summed E-state index contributed by atoms with van der Waals surface area (Å²) in [4.78, 5) is 0. The highest BCUT2D eigenvalue weighted by Gasteiger charge is 2.54. The standard InChI is InChI=1S/C18H24O2.2C2H6/c1-18-9-8-14-13-5-3-12(19)10-11(13)2-4-15(14)16(18)6-7-17(18)20;2*1-2/h3,5,10,14-17,19-20H,2,4,6-9H2,1H3;2*1-2H3. The van der Waals surface area contributed by atoms with E-state index in [4.69, 9.17) is 0 Å². The van der Waals surface area contributed by atoms with Gasteiger partial charge in [0.1, 0.15) is 5.75 Å². The molecule has 2 saturated carbocycles. The molecule has 1 aromatic rings. The molecule has 0 spiro atoms. The number of fused-ring (bicyclic) bond motifs is 5. The van der Waals surface area contributed by atoms with E-state index in [0.717, 1.165) is 25.2 Å². The third-order valence-electron chi connectivity index (χ3n) is 6.66. The first-order valence-corrected chi connectivity index (χ1v) is 10.1. The first-order valence-electron chi connectivity index (χ1n) is 10.1. The zero-order chi connectivity index (χ0) is 17.9. The van der Waals surface area contributed by atoms with Gasteiger partial charge in [-0.25, -0.2) is 0 Å². The molecule has 0 heterocycles. The molecule has 5 unspecified atom stereocenters. The highest BCUT2D eigenvalue weighted by molar-refractivity contribution is 5.40. The minimum absolute atomic E-state index is 0.0883.